The molecule has 0 aliphatic rings. The van der Waals surface area contributed by atoms with Gasteiger partial charge in [0.15, 0.2) is 29.0 Å². The molecular weight excluding hydrogens is 421 g/mol. The number of nitrogens with zero attached hydrogens (tertiary/aromatic N) is 1. The molecule has 0 saturated heterocycles. The van der Waals surface area contributed by atoms with Gasteiger partial charge in [-0.05, 0) is 12.1 Å². The maximum Gasteiger partial charge on any atom is 0.359 e. The molecular formula is C16H14Cl3N3O5. The van der Waals surface area contributed by atoms with Crippen LogP contribution in [0.1, 0.15) is 10.5 Å². The molecule has 1 heterocycles. The number of anilines is 2. The number of hydrogen-bond acceptors (Lipinski definition) is 7. The van der Waals surface area contributed by atoms with Crippen molar-refractivity contribution in [1.82, 2.24) is 4.98 Å². The number of nitrogen functional groups attached to an aromatic ring is 1. The lowest BCUT2D eigenvalue weighted by atomic mass is 10.2. The molecule has 8 nitrogen and oxygen atoms in total. The van der Waals surface area contributed by atoms with E-state index in [2.05, 4.69) is 10.3 Å². The molecule has 0 spiro atoms. The Morgan fingerprint density at radius 2 is 1.78 bits per heavy atom. The summed E-state index contributed by atoms with van der Waals surface area (Å²) in [7, 11) is 2.95. The third-order valence-corrected chi connectivity index (χ3v) is 4.40. The van der Waals surface area contributed by atoms with Crippen LogP contribution in [-0.2, 0) is 9.53 Å². The van der Waals surface area contributed by atoms with Gasteiger partial charge in [-0.3, -0.25) is 4.79 Å². The number of methoxy groups -OCH3 is 2. The van der Waals surface area contributed by atoms with Gasteiger partial charge in [0.25, 0.3) is 5.91 Å². The van der Waals surface area contributed by atoms with Gasteiger partial charge >= 0.3 is 5.97 Å². The quantitative estimate of drug-likeness (QED) is 0.529. The van der Waals surface area contributed by atoms with E-state index < -0.39 is 18.5 Å². The molecule has 1 amide bonds. The maximum absolute atomic E-state index is 12.1. The Balaban J connectivity index is 2.03. The Labute approximate surface area is 169 Å². The van der Waals surface area contributed by atoms with Gasteiger partial charge in [0.2, 0.25) is 0 Å². The molecule has 0 bridgehead atoms. The second-order valence-electron chi connectivity index (χ2n) is 4.99. The Morgan fingerprint density at radius 3 is 2.41 bits per heavy atom. The van der Waals surface area contributed by atoms with Gasteiger partial charge in [0.1, 0.15) is 5.02 Å². The van der Waals surface area contributed by atoms with Crippen molar-refractivity contribution in [2.45, 2.75) is 0 Å². The smallest absolute Gasteiger partial charge is 0.359 e. The van der Waals surface area contributed by atoms with Crippen LogP contribution >= 0.6 is 34.8 Å². The summed E-state index contributed by atoms with van der Waals surface area (Å²) in [5, 5.41) is 2.04. The number of carbonyl (C=O) groups excluding carboxylic acids is 2. The molecule has 2 rings (SSSR count). The number of nitrogens with one attached hydrogen (secondary N) is 1. The zero-order valence-electron chi connectivity index (χ0n) is 14.1. The van der Waals surface area contributed by atoms with Crippen LogP contribution in [0.4, 0.5) is 11.4 Å². The summed E-state index contributed by atoms with van der Waals surface area (Å²) in [6.07, 6.45) is 0. The Morgan fingerprint density at radius 1 is 1.11 bits per heavy atom. The highest BCUT2D eigenvalue weighted by atomic mass is 35.5. The van der Waals surface area contributed by atoms with Crippen LogP contribution < -0.4 is 20.5 Å². The fraction of sp³-hybridized carbons (Fsp3) is 0.188. The van der Waals surface area contributed by atoms with E-state index in [1.54, 1.807) is 18.2 Å². The van der Waals surface area contributed by atoms with Gasteiger partial charge in [-0.1, -0.05) is 34.8 Å². The molecule has 3 N–H and O–H groups in total. The number of rotatable bonds is 6. The van der Waals surface area contributed by atoms with E-state index in [0.29, 0.717) is 17.2 Å². The number of aromatic nitrogens is 1. The van der Waals surface area contributed by atoms with Crippen LogP contribution in [0.3, 0.4) is 0 Å². The number of carbonyl (C=O) groups is 2. The largest absolute Gasteiger partial charge is 0.493 e. The molecule has 27 heavy (non-hydrogen) atoms. The standard InChI is InChI=1S/C16H14Cl3N3O5/c1-25-8-4-3-7(5-9(8)26-2)21-10(23)6-27-16(24)14-11(17)13(20)12(18)15(19)22-14/h3-5H,6H2,1-2H3,(H2,20,22)(H,21,23). The van der Waals surface area contributed by atoms with E-state index in [0.717, 1.165) is 0 Å². The summed E-state index contributed by atoms with van der Waals surface area (Å²) in [5.41, 5.74) is 5.60. The van der Waals surface area contributed by atoms with E-state index in [-0.39, 0.29) is 26.6 Å². The van der Waals surface area contributed by atoms with Crippen molar-refractivity contribution < 1.29 is 23.8 Å². The lowest BCUT2D eigenvalue weighted by molar-refractivity contribution is -0.119. The number of halogens is 3. The predicted molar refractivity (Wildman–Crippen MR) is 102 cm³/mol. The Hall–Kier alpha value is -2.42. The Kier molecular flexibility index (Phi) is 6.95. The number of hydrogen-bond donors (Lipinski definition) is 2. The van der Waals surface area contributed by atoms with Crippen molar-refractivity contribution in [2.24, 2.45) is 0 Å². The monoisotopic (exact) mass is 433 g/mol. The van der Waals surface area contributed by atoms with E-state index >= 15 is 0 Å². The molecule has 0 fully saturated rings. The molecule has 0 radical (unpaired) electrons. The molecule has 0 aliphatic heterocycles. The van der Waals surface area contributed by atoms with Crippen LogP contribution in [0.2, 0.25) is 15.2 Å². The minimum absolute atomic E-state index is 0.0792. The second-order valence-corrected chi connectivity index (χ2v) is 6.10. The lowest BCUT2D eigenvalue weighted by Gasteiger charge is -2.11. The molecule has 144 valence electrons. The van der Waals surface area contributed by atoms with Gasteiger partial charge in [-0.25, -0.2) is 9.78 Å². The molecule has 0 saturated carbocycles. The minimum Gasteiger partial charge on any atom is -0.493 e. The summed E-state index contributed by atoms with van der Waals surface area (Å²) in [6.45, 7) is -0.592. The summed E-state index contributed by atoms with van der Waals surface area (Å²) in [4.78, 5) is 27.8. The van der Waals surface area contributed by atoms with E-state index in [4.69, 9.17) is 54.7 Å². The van der Waals surface area contributed by atoms with Gasteiger partial charge < -0.3 is 25.3 Å². The highest BCUT2D eigenvalue weighted by Gasteiger charge is 2.21. The lowest BCUT2D eigenvalue weighted by Crippen LogP contribution is -2.21. The zero-order valence-corrected chi connectivity index (χ0v) is 16.4. The number of pyridine rings is 1. The number of ether oxygens (including phenoxy) is 3. The first-order chi connectivity index (χ1) is 12.8. The van der Waals surface area contributed by atoms with Crippen LogP contribution in [0, 0.1) is 0 Å². The average molecular weight is 435 g/mol. The summed E-state index contributed by atoms with van der Waals surface area (Å²) in [5.74, 6) is -0.651. The third kappa shape index (κ3) is 4.85. The molecule has 0 atom stereocenters. The van der Waals surface area contributed by atoms with Gasteiger partial charge in [0.05, 0.1) is 24.9 Å². The fourth-order valence-electron chi connectivity index (χ4n) is 1.98. The second kappa shape index (κ2) is 8.98. The summed E-state index contributed by atoms with van der Waals surface area (Å²) >= 11 is 17.5. The van der Waals surface area contributed by atoms with E-state index in [1.807, 2.05) is 0 Å². The van der Waals surface area contributed by atoms with Gasteiger partial charge in [-0.15, -0.1) is 0 Å². The number of esters is 1. The van der Waals surface area contributed by atoms with Crippen molar-refractivity contribution in [3.63, 3.8) is 0 Å². The SMILES string of the molecule is COc1ccc(NC(=O)COC(=O)c2nc(Cl)c(Cl)c(N)c2Cl)cc1OC. The summed E-state index contributed by atoms with van der Waals surface area (Å²) < 4.78 is 15.1. The van der Waals surface area contributed by atoms with Gasteiger partial charge in [0, 0.05) is 11.8 Å². The first-order valence-electron chi connectivity index (χ1n) is 7.27. The highest BCUT2D eigenvalue weighted by molar-refractivity contribution is 6.46. The minimum atomic E-state index is -0.979. The molecule has 1 aromatic heterocycles. The van der Waals surface area contributed by atoms with Crippen molar-refractivity contribution in [3.8, 4) is 11.5 Å². The van der Waals surface area contributed by atoms with Crippen LogP contribution in [0.25, 0.3) is 0 Å². The topological polar surface area (TPSA) is 113 Å². The molecule has 11 heteroatoms. The first-order valence-corrected chi connectivity index (χ1v) is 8.40. The van der Waals surface area contributed by atoms with Crippen molar-refractivity contribution in [3.05, 3.63) is 39.1 Å². The number of amides is 1. The van der Waals surface area contributed by atoms with Crippen molar-refractivity contribution >= 4 is 58.1 Å². The summed E-state index contributed by atoms with van der Waals surface area (Å²) in [6, 6.07) is 4.76. The van der Waals surface area contributed by atoms with Crippen LogP contribution in [0.5, 0.6) is 11.5 Å². The van der Waals surface area contributed by atoms with E-state index in [1.165, 1.54) is 14.2 Å². The average Bonchev–Trinajstić information content (AvgIpc) is 2.67. The molecule has 0 unspecified atom stereocenters. The maximum atomic E-state index is 12.1. The number of nitrogens with two attached hydrogens (primary N) is 1. The van der Waals surface area contributed by atoms with Crippen LogP contribution in [-0.4, -0.2) is 37.7 Å². The third-order valence-electron chi connectivity index (χ3n) is 3.27. The predicted octanol–water partition coefficient (Wildman–Crippen LogP) is 3.44. The fourth-order valence-corrected chi connectivity index (χ4v) is 2.56. The van der Waals surface area contributed by atoms with Crippen molar-refractivity contribution in [2.75, 3.05) is 31.9 Å². The Bertz CT molecular complexity index is 892. The van der Waals surface area contributed by atoms with Crippen molar-refractivity contribution in [1.29, 1.82) is 0 Å². The van der Waals surface area contributed by atoms with Crippen LogP contribution in [0.15, 0.2) is 18.2 Å². The number of benzene rings is 1. The highest BCUT2D eigenvalue weighted by Crippen LogP contribution is 2.34. The van der Waals surface area contributed by atoms with Gasteiger partial charge in [-0.2, -0.15) is 0 Å². The first kappa shape index (κ1) is 20.9. The zero-order chi connectivity index (χ0) is 20.1. The molecule has 0 aliphatic carbocycles. The van der Waals surface area contributed by atoms with E-state index in [9.17, 15) is 9.59 Å². The molecule has 1 aromatic carbocycles. The normalized spacial score (nSPS) is 10.3. The molecule has 2 aromatic rings.